The summed E-state index contributed by atoms with van der Waals surface area (Å²) in [6, 6.07) is 3.40. The highest BCUT2D eigenvalue weighted by atomic mass is 32.2. The first-order chi connectivity index (χ1) is 12.0. The highest BCUT2D eigenvalue weighted by Gasteiger charge is 2.24. The van der Waals surface area contributed by atoms with E-state index in [2.05, 4.69) is 4.72 Å². The molecule has 2 aromatic carbocycles. The zero-order valence-corrected chi connectivity index (χ0v) is 17.5. The molecule has 6 heteroatoms. The van der Waals surface area contributed by atoms with Crippen molar-refractivity contribution in [2.75, 3.05) is 18.9 Å². The van der Waals surface area contributed by atoms with E-state index in [1.165, 1.54) is 7.11 Å². The number of hydrogen-bond donors (Lipinski definition) is 1. The van der Waals surface area contributed by atoms with Gasteiger partial charge in [0.05, 0.1) is 24.8 Å². The fraction of sp³-hybridized carbons (Fsp3) is 0.400. The van der Waals surface area contributed by atoms with Gasteiger partial charge in [0.25, 0.3) is 10.0 Å². The highest BCUT2D eigenvalue weighted by Crippen LogP contribution is 2.35. The topological polar surface area (TPSA) is 64.6 Å². The Morgan fingerprint density at radius 3 is 1.62 bits per heavy atom. The predicted molar refractivity (Wildman–Crippen MR) is 105 cm³/mol. The van der Waals surface area contributed by atoms with E-state index in [1.54, 1.807) is 19.2 Å². The first-order valence-corrected chi connectivity index (χ1v) is 9.85. The maximum atomic E-state index is 13.2. The van der Waals surface area contributed by atoms with Crippen LogP contribution in [0.5, 0.6) is 11.5 Å². The highest BCUT2D eigenvalue weighted by molar-refractivity contribution is 7.92. The molecule has 0 saturated heterocycles. The molecule has 0 aromatic heterocycles. The van der Waals surface area contributed by atoms with Gasteiger partial charge in [-0.3, -0.25) is 4.72 Å². The van der Waals surface area contributed by atoms with Crippen LogP contribution < -0.4 is 14.2 Å². The van der Waals surface area contributed by atoms with Crippen molar-refractivity contribution in [2.24, 2.45) is 0 Å². The summed E-state index contributed by atoms with van der Waals surface area (Å²) >= 11 is 0. The van der Waals surface area contributed by atoms with Gasteiger partial charge < -0.3 is 9.47 Å². The van der Waals surface area contributed by atoms with Crippen molar-refractivity contribution in [1.82, 2.24) is 0 Å². The molecule has 0 aliphatic rings. The van der Waals surface area contributed by atoms with Gasteiger partial charge in [-0.05, 0) is 81.0 Å². The van der Waals surface area contributed by atoms with Crippen LogP contribution in [0, 0.1) is 41.5 Å². The van der Waals surface area contributed by atoms with E-state index in [1.807, 2.05) is 41.5 Å². The minimum absolute atomic E-state index is 0.340. The maximum absolute atomic E-state index is 13.2. The summed E-state index contributed by atoms with van der Waals surface area (Å²) < 4.78 is 39.6. The summed E-state index contributed by atoms with van der Waals surface area (Å²) in [7, 11) is -0.682. The second-order valence-electron chi connectivity index (χ2n) is 6.58. The van der Waals surface area contributed by atoms with Gasteiger partial charge in [-0.1, -0.05) is 0 Å². The van der Waals surface area contributed by atoms with Crippen LogP contribution in [0.4, 0.5) is 5.69 Å². The van der Waals surface area contributed by atoms with Crippen molar-refractivity contribution < 1.29 is 17.9 Å². The Balaban J connectivity index is 2.62. The van der Waals surface area contributed by atoms with Crippen LogP contribution in [0.1, 0.15) is 33.4 Å². The van der Waals surface area contributed by atoms with Crippen molar-refractivity contribution in [3.8, 4) is 11.5 Å². The van der Waals surface area contributed by atoms with Gasteiger partial charge in [-0.2, -0.15) is 0 Å². The third-order valence-electron chi connectivity index (χ3n) is 5.17. The molecule has 0 atom stereocenters. The van der Waals surface area contributed by atoms with E-state index in [0.717, 1.165) is 33.4 Å². The van der Waals surface area contributed by atoms with E-state index in [0.29, 0.717) is 22.1 Å². The lowest BCUT2D eigenvalue weighted by Crippen LogP contribution is -2.18. The second kappa shape index (κ2) is 7.19. The summed E-state index contributed by atoms with van der Waals surface area (Å²) in [5, 5.41) is 0. The molecule has 26 heavy (non-hydrogen) atoms. The number of sulfonamides is 1. The van der Waals surface area contributed by atoms with Crippen LogP contribution in [0.25, 0.3) is 0 Å². The van der Waals surface area contributed by atoms with Gasteiger partial charge in [0.15, 0.2) is 11.5 Å². The summed E-state index contributed by atoms with van der Waals surface area (Å²) in [6.07, 6.45) is 0. The lowest BCUT2D eigenvalue weighted by molar-refractivity contribution is 0.355. The summed E-state index contributed by atoms with van der Waals surface area (Å²) in [6.45, 7) is 11.5. The molecule has 0 aliphatic carbocycles. The SMILES string of the molecule is COc1cc(C)c(NS(=O)(=O)c2c(C)c(C)c(C)c(C)c2C)cc1OC. The van der Waals surface area contributed by atoms with Crippen LogP contribution in [-0.4, -0.2) is 22.6 Å². The molecule has 0 saturated carbocycles. The van der Waals surface area contributed by atoms with Crippen LogP contribution in [0.3, 0.4) is 0 Å². The molecule has 2 rings (SSSR count). The lowest BCUT2D eigenvalue weighted by Gasteiger charge is -2.20. The molecule has 1 N–H and O–H groups in total. The van der Waals surface area contributed by atoms with Crippen molar-refractivity contribution in [3.05, 3.63) is 45.5 Å². The van der Waals surface area contributed by atoms with Gasteiger partial charge in [0, 0.05) is 6.07 Å². The maximum Gasteiger partial charge on any atom is 0.262 e. The number of ether oxygens (including phenoxy) is 2. The molecule has 0 amide bonds. The van der Waals surface area contributed by atoms with Gasteiger partial charge in [0.2, 0.25) is 0 Å². The van der Waals surface area contributed by atoms with Crippen molar-refractivity contribution in [2.45, 2.75) is 46.4 Å². The van der Waals surface area contributed by atoms with Crippen molar-refractivity contribution in [3.63, 3.8) is 0 Å². The summed E-state index contributed by atoms with van der Waals surface area (Å²) in [5.41, 5.74) is 5.89. The zero-order valence-electron chi connectivity index (χ0n) is 16.7. The minimum atomic E-state index is -3.75. The van der Waals surface area contributed by atoms with Crippen LogP contribution in [0.15, 0.2) is 17.0 Å². The van der Waals surface area contributed by atoms with E-state index >= 15 is 0 Å². The molecule has 0 spiro atoms. The molecule has 0 fully saturated rings. The van der Waals surface area contributed by atoms with E-state index < -0.39 is 10.0 Å². The largest absolute Gasteiger partial charge is 0.493 e. The molecule has 0 aliphatic heterocycles. The fourth-order valence-corrected chi connectivity index (χ4v) is 4.88. The Bertz CT molecular complexity index is 934. The summed E-state index contributed by atoms with van der Waals surface area (Å²) in [5.74, 6) is 1.03. The monoisotopic (exact) mass is 377 g/mol. The van der Waals surface area contributed by atoms with Gasteiger partial charge in [0.1, 0.15) is 0 Å². The predicted octanol–water partition coefficient (Wildman–Crippen LogP) is 4.36. The molecule has 5 nitrogen and oxygen atoms in total. The van der Waals surface area contributed by atoms with Gasteiger partial charge >= 0.3 is 0 Å². The Labute approximate surface area is 156 Å². The average molecular weight is 378 g/mol. The van der Waals surface area contributed by atoms with Crippen molar-refractivity contribution in [1.29, 1.82) is 0 Å². The Kier molecular flexibility index (Phi) is 5.56. The number of benzene rings is 2. The third-order valence-corrected chi connectivity index (χ3v) is 6.81. The average Bonchev–Trinajstić information content (AvgIpc) is 2.59. The van der Waals surface area contributed by atoms with Gasteiger partial charge in [-0.25, -0.2) is 8.42 Å². The Morgan fingerprint density at radius 2 is 1.15 bits per heavy atom. The molecule has 0 heterocycles. The first kappa shape index (κ1) is 20.1. The van der Waals surface area contributed by atoms with E-state index in [-0.39, 0.29) is 0 Å². The Morgan fingerprint density at radius 1 is 0.731 bits per heavy atom. The second-order valence-corrected chi connectivity index (χ2v) is 8.20. The minimum Gasteiger partial charge on any atom is -0.493 e. The molecule has 0 radical (unpaired) electrons. The quantitative estimate of drug-likeness (QED) is 0.841. The van der Waals surface area contributed by atoms with Crippen molar-refractivity contribution >= 4 is 15.7 Å². The van der Waals surface area contributed by atoms with Crippen LogP contribution in [0.2, 0.25) is 0 Å². The van der Waals surface area contributed by atoms with Crippen LogP contribution in [-0.2, 0) is 10.0 Å². The number of rotatable bonds is 5. The summed E-state index contributed by atoms with van der Waals surface area (Å²) in [4.78, 5) is 0.340. The van der Waals surface area contributed by atoms with E-state index in [4.69, 9.17) is 9.47 Å². The Hall–Kier alpha value is -2.21. The van der Waals surface area contributed by atoms with E-state index in [9.17, 15) is 8.42 Å². The number of aryl methyl sites for hydroxylation is 1. The number of nitrogens with one attached hydrogen (secondary N) is 1. The smallest absolute Gasteiger partial charge is 0.262 e. The molecular weight excluding hydrogens is 350 g/mol. The normalized spacial score (nSPS) is 11.4. The molecular formula is C20H27NO4S. The number of hydrogen-bond acceptors (Lipinski definition) is 4. The zero-order chi connectivity index (χ0) is 19.8. The standard InChI is InChI=1S/C20H27NO4S/c1-11-9-18(24-7)19(25-8)10-17(11)21-26(22,23)20-15(5)13(3)12(2)14(4)16(20)6/h9-10,21H,1-8H3. The fourth-order valence-electron chi connectivity index (χ4n) is 3.16. The molecule has 142 valence electrons. The van der Waals surface area contributed by atoms with Gasteiger partial charge in [-0.15, -0.1) is 0 Å². The molecule has 2 aromatic rings. The lowest BCUT2D eigenvalue weighted by atomic mass is 9.95. The number of methoxy groups -OCH3 is 2. The van der Waals surface area contributed by atoms with Crippen LogP contribution >= 0.6 is 0 Å². The first-order valence-electron chi connectivity index (χ1n) is 8.37. The number of anilines is 1. The molecule has 0 bridgehead atoms. The molecule has 0 unspecified atom stereocenters. The third kappa shape index (κ3) is 3.38.